The van der Waals surface area contributed by atoms with Crippen LogP contribution < -0.4 is 10.6 Å². The molecule has 0 atom stereocenters. The monoisotopic (exact) mass is 388 g/mol. The summed E-state index contributed by atoms with van der Waals surface area (Å²) in [5, 5.41) is 0.586. The Morgan fingerprint density at radius 1 is 0.963 bits per heavy atom. The lowest BCUT2D eigenvalue weighted by Crippen LogP contribution is -2.37. The smallest absolute Gasteiger partial charge is 0.306 e. The first-order valence-corrected chi connectivity index (χ1v) is 8.88. The fraction of sp³-hybridized carbons (Fsp3) is 0.250. The Bertz CT molecular complexity index is 796. The van der Waals surface area contributed by atoms with Gasteiger partial charge in [-0.3, -0.25) is 14.4 Å². The van der Waals surface area contributed by atoms with Crippen molar-refractivity contribution in [3.05, 3.63) is 65.2 Å². The lowest BCUT2D eigenvalue weighted by atomic mass is 10.1. The van der Waals surface area contributed by atoms with Crippen molar-refractivity contribution in [1.29, 1.82) is 0 Å². The number of halogens is 1. The van der Waals surface area contributed by atoms with E-state index in [2.05, 4.69) is 0 Å². The number of carbonyl (C=O) groups is 3. The van der Waals surface area contributed by atoms with Crippen molar-refractivity contribution >= 4 is 35.1 Å². The fourth-order valence-electron chi connectivity index (χ4n) is 2.46. The number of nitrogens with two attached hydrogens (primary N) is 1. The van der Waals surface area contributed by atoms with Crippen LogP contribution in [-0.2, 0) is 25.5 Å². The van der Waals surface area contributed by atoms with Gasteiger partial charge in [0, 0.05) is 30.1 Å². The number of ether oxygens (including phenoxy) is 1. The van der Waals surface area contributed by atoms with Gasteiger partial charge in [-0.05, 0) is 30.2 Å². The number of anilines is 1. The minimum atomic E-state index is -0.513. The molecular weight excluding hydrogens is 368 g/mol. The molecule has 2 amide bonds. The van der Waals surface area contributed by atoms with E-state index in [0.29, 0.717) is 17.1 Å². The van der Waals surface area contributed by atoms with Crippen LogP contribution in [0.25, 0.3) is 0 Å². The molecule has 2 aromatic carbocycles. The zero-order chi connectivity index (χ0) is 19.6. The third-order valence-corrected chi connectivity index (χ3v) is 4.23. The summed E-state index contributed by atoms with van der Waals surface area (Å²) >= 11 is 6.05. The lowest BCUT2D eigenvalue weighted by Gasteiger charge is -2.22. The van der Waals surface area contributed by atoms with E-state index in [0.717, 1.165) is 5.56 Å². The summed E-state index contributed by atoms with van der Waals surface area (Å²) in [6.45, 7) is -0.287. The largest absolute Gasteiger partial charge is 0.456 e. The average Bonchev–Trinajstić information content (AvgIpc) is 2.66. The van der Waals surface area contributed by atoms with E-state index < -0.39 is 24.4 Å². The van der Waals surface area contributed by atoms with Crippen molar-refractivity contribution in [2.45, 2.75) is 19.3 Å². The zero-order valence-electron chi connectivity index (χ0n) is 14.8. The number of aryl methyl sites for hydroxylation is 1. The first-order valence-electron chi connectivity index (χ1n) is 8.50. The van der Waals surface area contributed by atoms with Crippen LogP contribution in [0.15, 0.2) is 54.6 Å². The molecule has 2 rings (SSSR count). The highest BCUT2D eigenvalue weighted by Crippen LogP contribution is 2.17. The van der Waals surface area contributed by atoms with Crippen molar-refractivity contribution in [3.8, 4) is 0 Å². The number of para-hydroxylation sites is 1. The van der Waals surface area contributed by atoms with Gasteiger partial charge in [0.25, 0.3) is 5.91 Å². The van der Waals surface area contributed by atoms with Crippen LogP contribution in [0.5, 0.6) is 0 Å². The average molecular weight is 389 g/mol. The molecule has 27 heavy (non-hydrogen) atoms. The molecule has 0 aliphatic heterocycles. The minimum Gasteiger partial charge on any atom is -0.456 e. The van der Waals surface area contributed by atoms with Gasteiger partial charge in [0.15, 0.2) is 6.61 Å². The van der Waals surface area contributed by atoms with Crippen LogP contribution >= 0.6 is 11.6 Å². The number of nitrogens with zero attached hydrogens (tertiary/aromatic N) is 1. The van der Waals surface area contributed by atoms with Gasteiger partial charge in [0.05, 0.1) is 0 Å². The number of carbonyl (C=O) groups excluding carboxylic acids is 3. The summed E-state index contributed by atoms with van der Waals surface area (Å²) in [5.41, 5.74) is 6.62. The van der Waals surface area contributed by atoms with E-state index in [1.165, 1.54) is 4.90 Å². The molecular formula is C20H21ClN2O4. The van der Waals surface area contributed by atoms with E-state index in [1.54, 1.807) is 30.3 Å². The molecule has 0 unspecified atom stereocenters. The van der Waals surface area contributed by atoms with E-state index in [-0.39, 0.29) is 19.4 Å². The molecule has 0 aliphatic rings. The number of hydrogen-bond donors (Lipinski definition) is 1. The Kier molecular flexibility index (Phi) is 7.82. The highest BCUT2D eigenvalue weighted by atomic mass is 35.5. The summed E-state index contributed by atoms with van der Waals surface area (Å²) in [5.74, 6) is -1.43. The van der Waals surface area contributed by atoms with Crippen molar-refractivity contribution < 1.29 is 19.1 Å². The molecule has 6 nitrogen and oxygen atoms in total. The van der Waals surface area contributed by atoms with Gasteiger partial charge in [-0.1, -0.05) is 48.0 Å². The second kappa shape index (κ2) is 10.3. The standard InChI is InChI=1S/C20H21ClN2O4/c21-17-9-5-4-6-15(17)10-11-20(26)27-14-19(25)23(13-12-18(22)24)16-7-2-1-3-8-16/h1-9H,10-14H2,(H2,22,24). The maximum Gasteiger partial charge on any atom is 0.306 e. The summed E-state index contributed by atoms with van der Waals surface area (Å²) in [6, 6.07) is 16.1. The van der Waals surface area contributed by atoms with Gasteiger partial charge < -0.3 is 15.4 Å². The van der Waals surface area contributed by atoms with Crippen molar-refractivity contribution in [2.24, 2.45) is 5.73 Å². The Morgan fingerprint density at radius 3 is 2.30 bits per heavy atom. The number of hydrogen-bond acceptors (Lipinski definition) is 4. The third-order valence-electron chi connectivity index (χ3n) is 3.86. The van der Waals surface area contributed by atoms with Gasteiger partial charge >= 0.3 is 5.97 Å². The van der Waals surface area contributed by atoms with Crippen molar-refractivity contribution in [3.63, 3.8) is 0 Å². The van der Waals surface area contributed by atoms with Crippen LogP contribution in [0.2, 0.25) is 5.02 Å². The van der Waals surface area contributed by atoms with Crippen LogP contribution in [0.1, 0.15) is 18.4 Å². The molecule has 0 bridgehead atoms. The summed E-state index contributed by atoms with van der Waals surface area (Å²) < 4.78 is 5.09. The lowest BCUT2D eigenvalue weighted by molar-refractivity contribution is -0.147. The highest BCUT2D eigenvalue weighted by Gasteiger charge is 2.18. The van der Waals surface area contributed by atoms with Crippen molar-refractivity contribution in [2.75, 3.05) is 18.1 Å². The molecule has 2 aromatic rings. The molecule has 0 aromatic heterocycles. The summed E-state index contributed by atoms with van der Waals surface area (Å²) in [4.78, 5) is 36.9. The summed E-state index contributed by atoms with van der Waals surface area (Å²) in [7, 11) is 0. The Balaban J connectivity index is 1.89. The zero-order valence-corrected chi connectivity index (χ0v) is 15.5. The predicted octanol–water partition coefficient (Wildman–Crippen LogP) is 2.72. The molecule has 0 saturated carbocycles. The highest BCUT2D eigenvalue weighted by molar-refractivity contribution is 6.31. The molecule has 0 heterocycles. The van der Waals surface area contributed by atoms with E-state index in [4.69, 9.17) is 22.1 Å². The molecule has 0 spiro atoms. The van der Waals surface area contributed by atoms with Crippen LogP contribution in [-0.4, -0.2) is 30.9 Å². The number of primary amides is 1. The first kappa shape index (κ1) is 20.5. The maximum absolute atomic E-state index is 12.5. The molecule has 142 valence electrons. The fourth-order valence-corrected chi connectivity index (χ4v) is 2.69. The quantitative estimate of drug-likeness (QED) is 0.669. The normalized spacial score (nSPS) is 10.3. The second-order valence-corrected chi connectivity index (χ2v) is 6.26. The van der Waals surface area contributed by atoms with Gasteiger partial charge in [-0.15, -0.1) is 0 Å². The van der Waals surface area contributed by atoms with Gasteiger partial charge in [-0.25, -0.2) is 0 Å². The van der Waals surface area contributed by atoms with E-state index in [1.807, 2.05) is 24.3 Å². The van der Waals surface area contributed by atoms with Gasteiger partial charge in [0.2, 0.25) is 5.91 Å². The Morgan fingerprint density at radius 2 is 1.63 bits per heavy atom. The number of rotatable bonds is 9. The van der Waals surface area contributed by atoms with Crippen LogP contribution in [0.3, 0.4) is 0 Å². The van der Waals surface area contributed by atoms with Gasteiger partial charge in [0.1, 0.15) is 0 Å². The molecule has 2 N–H and O–H groups in total. The topological polar surface area (TPSA) is 89.7 Å². The van der Waals surface area contributed by atoms with Crippen molar-refractivity contribution in [1.82, 2.24) is 0 Å². The molecule has 7 heteroatoms. The molecule has 0 saturated heterocycles. The molecule has 0 aliphatic carbocycles. The Labute approximate surface area is 162 Å². The number of esters is 1. The third kappa shape index (κ3) is 6.75. The molecule has 0 fully saturated rings. The number of benzene rings is 2. The van der Waals surface area contributed by atoms with E-state index >= 15 is 0 Å². The van der Waals surface area contributed by atoms with Gasteiger partial charge in [-0.2, -0.15) is 0 Å². The first-order chi connectivity index (χ1) is 13.0. The molecule has 0 radical (unpaired) electrons. The second-order valence-electron chi connectivity index (χ2n) is 5.85. The van der Waals surface area contributed by atoms with Crippen LogP contribution in [0, 0.1) is 0 Å². The van der Waals surface area contributed by atoms with E-state index in [9.17, 15) is 14.4 Å². The predicted molar refractivity (Wildman–Crippen MR) is 103 cm³/mol. The SMILES string of the molecule is NC(=O)CCN(C(=O)COC(=O)CCc1ccccc1Cl)c1ccccc1. The van der Waals surface area contributed by atoms with Crippen LogP contribution in [0.4, 0.5) is 5.69 Å². The minimum absolute atomic E-state index is 0.0150. The summed E-state index contributed by atoms with van der Waals surface area (Å²) in [6.07, 6.45) is 0.557. The number of amides is 2. The Hall–Kier alpha value is -2.86. The maximum atomic E-state index is 12.5.